The van der Waals surface area contributed by atoms with E-state index < -0.39 is 0 Å². The summed E-state index contributed by atoms with van der Waals surface area (Å²) in [6, 6.07) is 0.574. The zero-order valence-corrected chi connectivity index (χ0v) is 13.8. The Morgan fingerprint density at radius 2 is 2.00 bits per heavy atom. The Balaban J connectivity index is 2.27. The fourth-order valence-corrected chi connectivity index (χ4v) is 3.25. The van der Waals surface area contributed by atoms with Gasteiger partial charge in [-0.15, -0.1) is 0 Å². The van der Waals surface area contributed by atoms with E-state index in [1.807, 2.05) is 0 Å². The van der Waals surface area contributed by atoms with Crippen molar-refractivity contribution in [2.45, 2.75) is 39.8 Å². The number of hydrogen-bond acceptors (Lipinski definition) is 3. The van der Waals surface area contributed by atoms with Crippen molar-refractivity contribution in [2.75, 3.05) is 20.2 Å². The molecule has 1 saturated heterocycles. The summed E-state index contributed by atoms with van der Waals surface area (Å²) in [6.07, 6.45) is 1.20. The predicted octanol–water partition coefficient (Wildman–Crippen LogP) is 2.83. The minimum Gasteiger partial charge on any atom is -0.496 e. The maximum absolute atomic E-state index is 5.63. The van der Waals surface area contributed by atoms with Crippen molar-refractivity contribution in [3.63, 3.8) is 0 Å². The molecule has 3 nitrogen and oxygen atoms in total. The van der Waals surface area contributed by atoms with E-state index >= 15 is 0 Å². The molecule has 1 aromatic rings. The van der Waals surface area contributed by atoms with E-state index in [0.717, 1.165) is 25.4 Å². The third kappa shape index (κ3) is 2.96. The van der Waals surface area contributed by atoms with Crippen molar-refractivity contribution in [1.29, 1.82) is 0 Å². The Kier molecular flexibility index (Phi) is 4.87. The van der Waals surface area contributed by atoms with E-state index in [1.165, 1.54) is 33.1 Å². The molecule has 4 heteroatoms. The second kappa shape index (κ2) is 6.25. The highest BCUT2D eigenvalue weighted by Gasteiger charge is 2.19. The molecule has 0 bridgehead atoms. The van der Waals surface area contributed by atoms with Crippen molar-refractivity contribution in [3.8, 4) is 5.75 Å². The molecule has 0 radical (unpaired) electrons. The fraction of sp³-hybridized carbons (Fsp3) is 0.600. The van der Waals surface area contributed by atoms with E-state index in [-0.39, 0.29) is 0 Å². The Bertz CT molecular complexity index is 468. The largest absolute Gasteiger partial charge is 0.496 e. The third-order valence-corrected chi connectivity index (χ3v) is 5.31. The van der Waals surface area contributed by atoms with Crippen molar-refractivity contribution >= 4 is 15.9 Å². The predicted molar refractivity (Wildman–Crippen MR) is 83.0 cm³/mol. The molecular weight excluding hydrogens is 304 g/mol. The van der Waals surface area contributed by atoms with Gasteiger partial charge in [-0.05, 0) is 50.4 Å². The highest BCUT2D eigenvalue weighted by molar-refractivity contribution is 9.10. The molecule has 19 heavy (non-hydrogen) atoms. The summed E-state index contributed by atoms with van der Waals surface area (Å²) in [6.45, 7) is 9.45. The topological polar surface area (TPSA) is 33.3 Å². The first-order chi connectivity index (χ1) is 9.06. The van der Waals surface area contributed by atoms with Crippen LogP contribution in [-0.4, -0.2) is 26.2 Å². The fourth-order valence-electron chi connectivity index (χ4n) is 2.71. The summed E-state index contributed by atoms with van der Waals surface area (Å²) in [5, 5.41) is 7.00. The van der Waals surface area contributed by atoms with Gasteiger partial charge >= 0.3 is 0 Å². The van der Waals surface area contributed by atoms with E-state index in [1.54, 1.807) is 7.11 Å². The number of ether oxygens (including phenoxy) is 1. The number of halogens is 1. The molecule has 1 aliphatic rings. The Morgan fingerprint density at radius 3 is 2.58 bits per heavy atom. The molecule has 1 fully saturated rings. The van der Waals surface area contributed by atoms with Gasteiger partial charge in [-0.3, -0.25) is 0 Å². The van der Waals surface area contributed by atoms with Gasteiger partial charge in [0.1, 0.15) is 5.75 Å². The van der Waals surface area contributed by atoms with E-state index in [2.05, 4.69) is 47.3 Å². The average molecular weight is 327 g/mol. The van der Waals surface area contributed by atoms with Gasteiger partial charge in [0, 0.05) is 29.2 Å². The summed E-state index contributed by atoms with van der Waals surface area (Å²) in [5.41, 5.74) is 5.03. The van der Waals surface area contributed by atoms with Crippen molar-refractivity contribution in [2.24, 2.45) is 0 Å². The van der Waals surface area contributed by atoms with Crippen LogP contribution in [0.4, 0.5) is 0 Å². The van der Waals surface area contributed by atoms with Crippen LogP contribution in [-0.2, 0) is 6.54 Å². The summed E-state index contributed by atoms with van der Waals surface area (Å²) in [4.78, 5) is 0. The normalized spacial score (nSPS) is 18.9. The zero-order valence-electron chi connectivity index (χ0n) is 12.2. The van der Waals surface area contributed by atoms with Crippen LogP contribution < -0.4 is 15.4 Å². The first-order valence-electron chi connectivity index (χ1n) is 6.82. The standard InChI is InChI=1S/C15H23BrN2O/c1-9-10(2)15(19-4)13(11(3)14(9)16)8-18-12-5-6-17-7-12/h12,17-18H,5-8H2,1-4H3. The van der Waals surface area contributed by atoms with Gasteiger partial charge in [-0.25, -0.2) is 0 Å². The van der Waals surface area contributed by atoms with Crippen LogP contribution >= 0.6 is 15.9 Å². The molecule has 0 amide bonds. The monoisotopic (exact) mass is 326 g/mol. The third-order valence-electron chi connectivity index (χ3n) is 4.12. The second-order valence-electron chi connectivity index (χ2n) is 5.27. The Morgan fingerprint density at radius 1 is 1.26 bits per heavy atom. The summed E-state index contributed by atoms with van der Waals surface area (Å²) < 4.78 is 6.83. The molecule has 2 rings (SSSR count). The molecule has 0 aliphatic carbocycles. The first-order valence-corrected chi connectivity index (χ1v) is 7.61. The molecule has 0 aromatic heterocycles. The number of hydrogen-bond donors (Lipinski definition) is 2. The van der Waals surface area contributed by atoms with Gasteiger partial charge in [-0.2, -0.15) is 0 Å². The number of benzene rings is 1. The molecular formula is C15H23BrN2O. The Hall–Kier alpha value is -0.580. The molecule has 106 valence electrons. The lowest BCUT2D eigenvalue weighted by Gasteiger charge is -2.20. The number of methoxy groups -OCH3 is 1. The van der Waals surface area contributed by atoms with Gasteiger partial charge < -0.3 is 15.4 Å². The van der Waals surface area contributed by atoms with Crippen LogP contribution in [0.3, 0.4) is 0 Å². The van der Waals surface area contributed by atoms with Crippen molar-refractivity contribution < 1.29 is 4.74 Å². The molecule has 1 unspecified atom stereocenters. The maximum atomic E-state index is 5.63. The minimum absolute atomic E-state index is 0.574. The highest BCUT2D eigenvalue weighted by atomic mass is 79.9. The highest BCUT2D eigenvalue weighted by Crippen LogP contribution is 2.35. The number of nitrogens with one attached hydrogen (secondary N) is 2. The molecule has 2 N–H and O–H groups in total. The van der Waals surface area contributed by atoms with Gasteiger partial charge in [0.25, 0.3) is 0 Å². The molecule has 0 spiro atoms. The van der Waals surface area contributed by atoms with E-state index in [9.17, 15) is 0 Å². The molecule has 0 saturated carbocycles. The summed E-state index contributed by atoms with van der Waals surface area (Å²) >= 11 is 3.70. The molecule has 1 heterocycles. The average Bonchev–Trinajstić information content (AvgIpc) is 2.92. The lowest BCUT2D eigenvalue weighted by Crippen LogP contribution is -2.30. The van der Waals surface area contributed by atoms with Crippen LogP contribution in [0.1, 0.15) is 28.7 Å². The van der Waals surface area contributed by atoms with Crippen molar-refractivity contribution in [1.82, 2.24) is 10.6 Å². The van der Waals surface area contributed by atoms with Gasteiger partial charge in [0.05, 0.1) is 7.11 Å². The van der Waals surface area contributed by atoms with Gasteiger partial charge in [0.2, 0.25) is 0 Å². The molecule has 1 aliphatic heterocycles. The van der Waals surface area contributed by atoms with Crippen LogP contribution in [0.25, 0.3) is 0 Å². The smallest absolute Gasteiger partial charge is 0.126 e. The van der Waals surface area contributed by atoms with E-state index in [0.29, 0.717) is 6.04 Å². The first kappa shape index (κ1) is 14.8. The van der Waals surface area contributed by atoms with Crippen LogP contribution in [0.2, 0.25) is 0 Å². The van der Waals surface area contributed by atoms with Crippen LogP contribution in [0, 0.1) is 20.8 Å². The SMILES string of the molecule is COc1c(C)c(C)c(Br)c(C)c1CNC1CCNC1. The van der Waals surface area contributed by atoms with Crippen molar-refractivity contribution in [3.05, 3.63) is 26.7 Å². The quantitative estimate of drug-likeness (QED) is 0.892. The lowest BCUT2D eigenvalue weighted by molar-refractivity contribution is 0.401. The summed E-state index contributed by atoms with van der Waals surface area (Å²) in [5.74, 6) is 1.02. The maximum Gasteiger partial charge on any atom is 0.126 e. The second-order valence-corrected chi connectivity index (χ2v) is 6.06. The molecule has 1 atom stereocenters. The van der Waals surface area contributed by atoms with Gasteiger partial charge in [-0.1, -0.05) is 15.9 Å². The van der Waals surface area contributed by atoms with Crippen LogP contribution in [0.5, 0.6) is 5.75 Å². The zero-order chi connectivity index (χ0) is 14.0. The Labute approximate surface area is 124 Å². The molecule has 1 aromatic carbocycles. The van der Waals surface area contributed by atoms with Gasteiger partial charge in [0.15, 0.2) is 0 Å². The van der Waals surface area contributed by atoms with Crippen LogP contribution in [0.15, 0.2) is 4.47 Å². The van der Waals surface area contributed by atoms with E-state index in [4.69, 9.17) is 4.74 Å². The minimum atomic E-state index is 0.574. The number of rotatable bonds is 4. The summed E-state index contributed by atoms with van der Waals surface area (Å²) in [7, 11) is 1.76. The lowest BCUT2D eigenvalue weighted by atomic mass is 9.98.